The highest BCUT2D eigenvalue weighted by Gasteiger charge is 2.41. The average molecular weight is 342 g/mol. The summed E-state index contributed by atoms with van der Waals surface area (Å²) in [4.78, 5) is 25.4. The highest BCUT2D eigenvalue weighted by atomic mass is 16.5. The van der Waals surface area contributed by atoms with Crippen molar-refractivity contribution in [2.24, 2.45) is 5.92 Å². The first kappa shape index (κ1) is 17.2. The zero-order valence-corrected chi connectivity index (χ0v) is 14.3. The molecule has 1 amide bonds. The van der Waals surface area contributed by atoms with Crippen molar-refractivity contribution in [1.82, 2.24) is 9.47 Å². The second-order valence-corrected chi connectivity index (χ2v) is 6.51. The van der Waals surface area contributed by atoms with Crippen molar-refractivity contribution in [1.29, 1.82) is 0 Å². The summed E-state index contributed by atoms with van der Waals surface area (Å²) in [6, 6.07) is 11.8. The van der Waals surface area contributed by atoms with E-state index in [0.717, 1.165) is 11.3 Å². The van der Waals surface area contributed by atoms with Gasteiger partial charge in [0.05, 0.1) is 0 Å². The minimum absolute atomic E-state index is 0.174. The number of carbonyl (C=O) groups excluding carboxylic acids is 1. The Bertz CT molecular complexity index is 757. The Labute approximate surface area is 146 Å². The third-order valence-electron chi connectivity index (χ3n) is 4.59. The summed E-state index contributed by atoms with van der Waals surface area (Å²) >= 11 is 0. The van der Waals surface area contributed by atoms with E-state index in [1.165, 1.54) is 0 Å². The number of aromatic nitrogens is 1. The van der Waals surface area contributed by atoms with Crippen LogP contribution in [0.4, 0.5) is 0 Å². The number of para-hydroxylation sites is 1. The molecule has 25 heavy (non-hydrogen) atoms. The number of nitrogens with zero attached hydrogens (tertiary/aromatic N) is 2. The molecule has 0 spiro atoms. The molecule has 0 radical (unpaired) electrons. The summed E-state index contributed by atoms with van der Waals surface area (Å²) in [6.07, 6.45) is 2.74. The maximum atomic E-state index is 12.7. The molecule has 3 atom stereocenters. The van der Waals surface area contributed by atoms with E-state index in [-0.39, 0.29) is 11.8 Å². The molecule has 1 aliphatic heterocycles. The van der Waals surface area contributed by atoms with Crippen LogP contribution in [0.1, 0.15) is 18.9 Å². The minimum atomic E-state index is -1.01. The summed E-state index contributed by atoms with van der Waals surface area (Å²) in [5, 5.41) is 9.15. The topological polar surface area (TPSA) is 71.8 Å². The lowest BCUT2D eigenvalue weighted by Gasteiger charge is -2.22. The molecule has 6 heteroatoms. The molecule has 1 saturated heterocycles. The van der Waals surface area contributed by atoms with E-state index >= 15 is 0 Å². The predicted molar refractivity (Wildman–Crippen MR) is 92.3 cm³/mol. The van der Waals surface area contributed by atoms with Crippen LogP contribution in [0.25, 0.3) is 5.69 Å². The molecule has 2 heterocycles. The largest absolute Gasteiger partial charge is 0.479 e. The van der Waals surface area contributed by atoms with Gasteiger partial charge in [0, 0.05) is 31.7 Å². The fourth-order valence-electron chi connectivity index (χ4n) is 3.26. The second kappa shape index (κ2) is 7.11. The normalized spacial score (nSPS) is 22.7. The van der Waals surface area contributed by atoms with Gasteiger partial charge in [-0.3, -0.25) is 4.79 Å². The summed E-state index contributed by atoms with van der Waals surface area (Å²) in [5.74, 6) is -1.37. The molecule has 1 fully saturated rings. The van der Waals surface area contributed by atoms with Gasteiger partial charge in [-0.1, -0.05) is 25.1 Å². The maximum Gasteiger partial charge on any atom is 0.333 e. The quantitative estimate of drug-likeness (QED) is 0.905. The van der Waals surface area contributed by atoms with Crippen molar-refractivity contribution in [2.75, 3.05) is 7.05 Å². The van der Waals surface area contributed by atoms with Gasteiger partial charge in [-0.05, 0) is 36.1 Å². The molecule has 1 aromatic heterocycles. The number of ether oxygens (including phenoxy) is 1. The van der Waals surface area contributed by atoms with E-state index in [1.54, 1.807) is 18.9 Å². The molecule has 132 valence electrons. The number of benzene rings is 1. The number of hydrogen-bond acceptors (Lipinski definition) is 3. The lowest BCUT2D eigenvalue weighted by atomic mass is 10.0. The molecule has 0 bridgehead atoms. The lowest BCUT2D eigenvalue weighted by molar-refractivity contribution is -0.155. The zero-order chi connectivity index (χ0) is 18.0. The van der Waals surface area contributed by atoms with Crippen molar-refractivity contribution in [3.8, 4) is 5.69 Å². The Morgan fingerprint density at radius 3 is 2.56 bits per heavy atom. The van der Waals surface area contributed by atoms with Crippen molar-refractivity contribution < 1.29 is 19.4 Å². The number of carbonyl (C=O) groups is 2. The molecule has 1 aromatic carbocycles. The van der Waals surface area contributed by atoms with Gasteiger partial charge in [0.1, 0.15) is 6.10 Å². The van der Waals surface area contributed by atoms with E-state index in [4.69, 9.17) is 9.84 Å². The molecular formula is C19H22N2O4. The number of rotatable bonds is 5. The van der Waals surface area contributed by atoms with Crippen LogP contribution in [-0.4, -0.2) is 45.7 Å². The maximum absolute atomic E-state index is 12.7. The summed E-state index contributed by atoms with van der Waals surface area (Å²) < 4.78 is 7.46. The van der Waals surface area contributed by atoms with Gasteiger partial charge < -0.3 is 19.3 Å². The molecule has 0 saturated carbocycles. The van der Waals surface area contributed by atoms with E-state index in [2.05, 4.69) is 0 Å². The Balaban J connectivity index is 1.72. The number of aliphatic carboxylic acids is 1. The van der Waals surface area contributed by atoms with Crippen molar-refractivity contribution in [2.45, 2.75) is 32.1 Å². The molecule has 1 N–H and O–H groups in total. The molecule has 2 aromatic rings. The van der Waals surface area contributed by atoms with Gasteiger partial charge in [0.15, 0.2) is 6.10 Å². The number of likely N-dealkylation sites (N-methyl/N-ethyl adjacent to an activating group) is 1. The molecule has 0 unspecified atom stereocenters. The van der Waals surface area contributed by atoms with Gasteiger partial charge in [-0.2, -0.15) is 0 Å². The molecule has 3 rings (SSSR count). The van der Waals surface area contributed by atoms with Gasteiger partial charge >= 0.3 is 5.97 Å². The zero-order valence-electron chi connectivity index (χ0n) is 14.3. The van der Waals surface area contributed by atoms with Crippen LogP contribution in [0.2, 0.25) is 0 Å². The smallest absolute Gasteiger partial charge is 0.333 e. The number of carboxylic acid groups (broad SMARTS) is 1. The van der Waals surface area contributed by atoms with E-state index < -0.39 is 18.2 Å². The van der Waals surface area contributed by atoms with Crippen LogP contribution >= 0.6 is 0 Å². The fraction of sp³-hybridized carbons (Fsp3) is 0.368. The predicted octanol–water partition coefficient (Wildman–Crippen LogP) is 2.31. The van der Waals surface area contributed by atoms with Crippen LogP contribution in [0, 0.1) is 5.92 Å². The van der Waals surface area contributed by atoms with Gasteiger partial charge in [-0.25, -0.2) is 4.79 Å². The Kier molecular flexibility index (Phi) is 4.90. The standard InChI is InChI=1S/C19H22N2O4/c1-13-11-16(25-17(13)19(23)24)18(22)20(2)12-14-7-3-4-8-15(14)21-9-5-6-10-21/h3-10,13,16-17H,11-12H2,1-2H3,(H,23,24)/t13-,16-,17-/m1/s1. The minimum Gasteiger partial charge on any atom is -0.479 e. The second-order valence-electron chi connectivity index (χ2n) is 6.51. The first-order valence-corrected chi connectivity index (χ1v) is 8.32. The van der Waals surface area contributed by atoms with Crippen LogP contribution in [-0.2, 0) is 20.9 Å². The van der Waals surface area contributed by atoms with Crippen LogP contribution in [0.5, 0.6) is 0 Å². The van der Waals surface area contributed by atoms with Crippen LogP contribution < -0.4 is 0 Å². The summed E-state index contributed by atoms with van der Waals surface area (Å²) in [6.45, 7) is 2.23. The highest BCUT2D eigenvalue weighted by Crippen LogP contribution is 2.28. The van der Waals surface area contributed by atoms with Crippen molar-refractivity contribution in [3.63, 3.8) is 0 Å². The summed E-state index contributed by atoms with van der Waals surface area (Å²) in [5.41, 5.74) is 2.02. The average Bonchev–Trinajstić information content (AvgIpc) is 3.24. The third kappa shape index (κ3) is 3.58. The van der Waals surface area contributed by atoms with Gasteiger partial charge in [-0.15, -0.1) is 0 Å². The first-order chi connectivity index (χ1) is 12.0. The third-order valence-corrected chi connectivity index (χ3v) is 4.59. The van der Waals surface area contributed by atoms with Crippen LogP contribution in [0.3, 0.4) is 0 Å². The van der Waals surface area contributed by atoms with E-state index in [1.807, 2.05) is 53.4 Å². The van der Waals surface area contributed by atoms with Gasteiger partial charge in [0.2, 0.25) is 0 Å². The van der Waals surface area contributed by atoms with E-state index in [0.29, 0.717) is 13.0 Å². The van der Waals surface area contributed by atoms with Crippen LogP contribution in [0.15, 0.2) is 48.8 Å². The van der Waals surface area contributed by atoms with E-state index in [9.17, 15) is 9.59 Å². The number of amides is 1. The summed E-state index contributed by atoms with van der Waals surface area (Å²) in [7, 11) is 1.72. The monoisotopic (exact) mass is 342 g/mol. The molecule has 6 nitrogen and oxygen atoms in total. The molecule has 0 aliphatic carbocycles. The number of hydrogen-bond donors (Lipinski definition) is 1. The van der Waals surface area contributed by atoms with Gasteiger partial charge in [0.25, 0.3) is 5.91 Å². The highest BCUT2D eigenvalue weighted by molar-refractivity contribution is 5.82. The number of carboxylic acids is 1. The Morgan fingerprint density at radius 2 is 1.92 bits per heavy atom. The van der Waals surface area contributed by atoms with Crippen molar-refractivity contribution in [3.05, 3.63) is 54.4 Å². The lowest BCUT2D eigenvalue weighted by Crippen LogP contribution is -2.37. The van der Waals surface area contributed by atoms with Crippen molar-refractivity contribution >= 4 is 11.9 Å². The Hall–Kier alpha value is -2.60. The molecular weight excluding hydrogens is 320 g/mol. The SMILES string of the molecule is C[C@@H]1C[C@H](C(=O)N(C)Cc2ccccc2-n2cccc2)O[C@H]1C(=O)O. The Morgan fingerprint density at radius 1 is 1.24 bits per heavy atom. The molecule has 1 aliphatic rings. The fourth-order valence-corrected chi connectivity index (χ4v) is 3.26. The first-order valence-electron chi connectivity index (χ1n) is 8.32.